The van der Waals surface area contributed by atoms with E-state index in [-0.39, 0.29) is 17.8 Å². The molecule has 1 atom stereocenters. The number of para-hydroxylation sites is 1. The maximum absolute atomic E-state index is 13.5. The van der Waals surface area contributed by atoms with E-state index in [9.17, 15) is 9.18 Å². The second-order valence-corrected chi connectivity index (χ2v) is 6.62. The standard InChI is InChI=1S/C18H26FN3O2/c1-14(18(23)20-15-6-7-15)22-10-8-21(9-11-22)12-13-24-17-5-3-2-4-16(17)19/h2-5,14-15H,6-13H2,1H3,(H,20,23). The minimum Gasteiger partial charge on any atom is -0.489 e. The van der Waals surface area contributed by atoms with Crippen molar-refractivity contribution in [3.63, 3.8) is 0 Å². The number of hydrogen-bond donors (Lipinski definition) is 1. The van der Waals surface area contributed by atoms with Gasteiger partial charge in [0.15, 0.2) is 11.6 Å². The lowest BCUT2D eigenvalue weighted by Crippen LogP contribution is -2.54. The number of piperazine rings is 1. The Hall–Kier alpha value is -1.66. The molecule has 1 heterocycles. The number of halogens is 1. The van der Waals surface area contributed by atoms with E-state index in [4.69, 9.17) is 4.74 Å². The average Bonchev–Trinajstić information content (AvgIpc) is 3.40. The van der Waals surface area contributed by atoms with Crippen molar-refractivity contribution in [3.05, 3.63) is 30.1 Å². The van der Waals surface area contributed by atoms with Crippen LogP contribution in [0.2, 0.25) is 0 Å². The Kier molecular flexibility index (Phi) is 5.68. The van der Waals surface area contributed by atoms with E-state index in [0.717, 1.165) is 45.6 Å². The lowest BCUT2D eigenvalue weighted by molar-refractivity contribution is -0.126. The molecule has 6 heteroatoms. The molecule has 1 aromatic rings. The summed E-state index contributed by atoms with van der Waals surface area (Å²) in [5.41, 5.74) is 0. The predicted molar refractivity (Wildman–Crippen MR) is 90.5 cm³/mol. The molecule has 0 radical (unpaired) electrons. The van der Waals surface area contributed by atoms with E-state index in [1.54, 1.807) is 18.2 Å². The Balaban J connectivity index is 1.35. The molecule has 132 valence electrons. The summed E-state index contributed by atoms with van der Waals surface area (Å²) in [7, 11) is 0. The molecule has 5 nitrogen and oxygen atoms in total. The van der Waals surface area contributed by atoms with Gasteiger partial charge in [0.25, 0.3) is 0 Å². The van der Waals surface area contributed by atoms with Gasteiger partial charge in [0.05, 0.1) is 6.04 Å². The molecule has 0 aromatic heterocycles. The third-order valence-corrected chi connectivity index (χ3v) is 4.76. The Morgan fingerprint density at radius 2 is 2.00 bits per heavy atom. The topological polar surface area (TPSA) is 44.8 Å². The van der Waals surface area contributed by atoms with Crippen LogP contribution in [0.5, 0.6) is 5.75 Å². The van der Waals surface area contributed by atoms with Crippen molar-refractivity contribution in [1.82, 2.24) is 15.1 Å². The van der Waals surface area contributed by atoms with Crippen molar-refractivity contribution in [1.29, 1.82) is 0 Å². The van der Waals surface area contributed by atoms with Crippen LogP contribution >= 0.6 is 0 Å². The number of carbonyl (C=O) groups excluding carboxylic acids is 1. The van der Waals surface area contributed by atoms with Crippen LogP contribution in [0, 0.1) is 5.82 Å². The maximum Gasteiger partial charge on any atom is 0.237 e. The van der Waals surface area contributed by atoms with Crippen LogP contribution in [0.25, 0.3) is 0 Å². The number of amides is 1. The summed E-state index contributed by atoms with van der Waals surface area (Å²) < 4.78 is 19.0. The van der Waals surface area contributed by atoms with Crippen molar-refractivity contribution >= 4 is 5.91 Å². The molecule has 2 fully saturated rings. The van der Waals surface area contributed by atoms with Gasteiger partial charge in [0.2, 0.25) is 5.91 Å². The zero-order chi connectivity index (χ0) is 16.9. The van der Waals surface area contributed by atoms with Gasteiger partial charge in [-0.3, -0.25) is 14.6 Å². The van der Waals surface area contributed by atoms with Gasteiger partial charge >= 0.3 is 0 Å². The number of nitrogens with zero attached hydrogens (tertiary/aromatic N) is 2. The Morgan fingerprint density at radius 1 is 1.29 bits per heavy atom. The zero-order valence-electron chi connectivity index (χ0n) is 14.2. The number of benzene rings is 1. The Bertz CT molecular complexity index is 557. The highest BCUT2D eigenvalue weighted by Gasteiger charge is 2.29. The molecule has 1 N–H and O–H groups in total. The van der Waals surface area contributed by atoms with Gasteiger partial charge in [0.1, 0.15) is 6.61 Å². The molecule has 1 saturated heterocycles. The average molecular weight is 335 g/mol. The molecular weight excluding hydrogens is 309 g/mol. The Morgan fingerprint density at radius 3 is 2.67 bits per heavy atom. The number of rotatable bonds is 7. The van der Waals surface area contributed by atoms with E-state index < -0.39 is 0 Å². The van der Waals surface area contributed by atoms with Gasteiger partial charge in [0, 0.05) is 38.8 Å². The van der Waals surface area contributed by atoms with Gasteiger partial charge < -0.3 is 10.1 Å². The molecule has 0 bridgehead atoms. The molecular formula is C18H26FN3O2. The van der Waals surface area contributed by atoms with Crippen molar-refractivity contribution in [2.24, 2.45) is 0 Å². The maximum atomic E-state index is 13.5. The summed E-state index contributed by atoms with van der Waals surface area (Å²) in [5, 5.41) is 3.07. The van der Waals surface area contributed by atoms with Crippen LogP contribution in [0.4, 0.5) is 4.39 Å². The fraction of sp³-hybridized carbons (Fsp3) is 0.611. The molecule has 1 aromatic carbocycles. The van der Waals surface area contributed by atoms with E-state index in [1.807, 2.05) is 6.92 Å². The second-order valence-electron chi connectivity index (χ2n) is 6.62. The van der Waals surface area contributed by atoms with Crippen LogP contribution in [-0.2, 0) is 4.79 Å². The Labute approximate surface area is 142 Å². The highest BCUT2D eigenvalue weighted by Crippen LogP contribution is 2.19. The number of carbonyl (C=O) groups is 1. The second kappa shape index (κ2) is 7.94. The quantitative estimate of drug-likeness (QED) is 0.820. The summed E-state index contributed by atoms with van der Waals surface area (Å²) in [4.78, 5) is 16.6. The van der Waals surface area contributed by atoms with Crippen molar-refractivity contribution < 1.29 is 13.9 Å². The van der Waals surface area contributed by atoms with Crippen LogP contribution in [-0.4, -0.2) is 67.1 Å². The fourth-order valence-electron chi connectivity index (χ4n) is 2.94. The minimum atomic E-state index is -0.321. The third-order valence-electron chi connectivity index (χ3n) is 4.76. The largest absolute Gasteiger partial charge is 0.489 e. The first kappa shape index (κ1) is 17.2. The summed E-state index contributed by atoms with van der Waals surface area (Å²) >= 11 is 0. The van der Waals surface area contributed by atoms with Gasteiger partial charge in [-0.2, -0.15) is 0 Å². The van der Waals surface area contributed by atoms with Gasteiger partial charge in [-0.25, -0.2) is 4.39 Å². The lowest BCUT2D eigenvalue weighted by atomic mass is 10.2. The van der Waals surface area contributed by atoms with Gasteiger partial charge in [-0.1, -0.05) is 12.1 Å². The lowest BCUT2D eigenvalue weighted by Gasteiger charge is -2.37. The normalized spacial score (nSPS) is 20.6. The first-order valence-electron chi connectivity index (χ1n) is 8.77. The van der Waals surface area contributed by atoms with Crippen LogP contribution < -0.4 is 10.1 Å². The third kappa shape index (κ3) is 4.68. The number of ether oxygens (including phenoxy) is 1. The SMILES string of the molecule is CC(C(=O)NC1CC1)N1CCN(CCOc2ccccc2F)CC1. The van der Waals surface area contributed by atoms with E-state index in [0.29, 0.717) is 18.4 Å². The summed E-state index contributed by atoms with van der Waals surface area (Å²) in [5.74, 6) is 0.133. The first-order valence-corrected chi connectivity index (χ1v) is 8.77. The highest BCUT2D eigenvalue weighted by atomic mass is 19.1. The molecule has 0 spiro atoms. The minimum absolute atomic E-state index is 0.0672. The van der Waals surface area contributed by atoms with Gasteiger partial charge in [-0.05, 0) is 31.9 Å². The fourth-order valence-corrected chi connectivity index (χ4v) is 2.94. The predicted octanol–water partition coefficient (Wildman–Crippen LogP) is 1.49. The van der Waals surface area contributed by atoms with Crippen LogP contribution in [0.1, 0.15) is 19.8 Å². The molecule has 24 heavy (non-hydrogen) atoms. The van der Waals surface area contributed by atoms with Gasteiger partial charge in [-0.15, -0.1) is 0 Å². The molecule has 2 aliphatic rings. The number of hydrogen-bond acceptors (Lipinski definition) is 4. The van der Waals surface area contributed by atoms with Crippen LogP contribution in [0.15, 0.2) is 24.3 Å². The summed E-state index contributed by atoms with van der Waals surface area (Å²) in [6.07, 6.45) is 2.24. The monoisotopic (exact) mass is 335 g/mol. The molecule has 1 aliphatic heterocycles. The highest BCUT2D eigenvalue weighted by molar-refractivity contribution is 5.81. The van der Waals surface area contributed by atoms with Crippen molar-refractivity contribution in [3.8, 4) is 5.75 Å². The molecule has 1 saturated carbocycles. The molecule has 1 aliphatic carbocycles. The van der Waals surface area contributed by atoms with Crippen molar-refractivity contribution in [2.75, 3.05) is 39.3 Å². The van der Waals surface area contributed by atoms with E-state index >= 15 is 0 Å². The molecule has 3 rings (SSSR count). The first-order chi connectivity index (χ1) is 11.6. The molecule has 1 amide bonds. The summed E-state index contributed by atoms with van der Waals surface area (Å²) in [6, 6.07) is 6.82. The zero-order valence-corrected chi connectivity index (χ0v) is 14.2. The smallest absolute Gasteiger partial charge is 0.237 e. The van der Waals surface area contributed by atoms with E-state index in [2.05, 4.69) is 15.1 Å². The van der Waals surface area contributed by atoms with Crippen LogP contribution in [0.3, 0.4) is 0 Å². The van der Waals surface area contributed by atoms with E-state index in [1.165, 1.54) is 6.07 Å². The van der Waals surface area contributed by atoms with Crippen molar-refractivity contribution in [2.45, 2.75) is 31.8 Å². The summed E-state index contributed by atoms with van der Waals surface area (Å²) in [6.45, 7) is 6.78. The molecule has 1 unspecified atom stereocenters. The number of nitrogens with one attached hydrogen (secondary N) is 1.